The summed E-state index contributed by atoms with van der Waals surface area (Å²) in [5, 5.41) is 2.78. The number of carbonyl (C=O) groups is 2. The highest BCUT2D eigenvalue weighted by Gasteiger charge is 2.52. The molecule has 1 N–H and O–H groups in total. The predicted octanol–water partition coefficient (Wildman–Crippen LogP) is 1.76. The van der Waals surface area contributed by atoms with Crippen molar-refractivity contribution < 1.29 is 18.7 Å². The van der Waals surface area contributed by atoms with Gasteiger partial charge in [0.2, 0.25) is 0 Å². The van der Waals surface area contributed by atoms with E-state index in [2.05, 4.69) is 5.32 Å². The van der Waals surface area contributed by atoms with Crippen LogP contribution in [0.5, 0.6) is 5.75 Å². The van der Waals surface area contributed by atoms with Crippen LogP contribution in [0, 0.1) is 5.82 Å². The van der Waals surface area contributed by atoms with Crippen molar-refractivity contribution in [1.82, 2.24) is 10.2 Å². The van der Waals surface area contributed by atoms with Gasteiger partial charge in [-0.1, -0.05) is 6.07 Å². The Kier molecular flexibility index (Phi) is 3.52. The number of nitrogens with one attached hydrogen (secondary N) is 1. The summed E-state index contributed by atoms with van der Waals surface area (Å²) in [6, 6.07) is 4.02. The van der Waals surface area contributed by atoms with Crippen molar-refractivity contribution in [2.45, 2.75) is 18.5 Å². The number of halogens is 1. The van der Waals surface area contributed by atoms with Gasteiger partial charge in [0.05, 0.1) is 13.7 Å². The summed E-state index contributed by atoms with van der Waals surface area (Å²) >= 11 is 1.65. The van der Waals surface area contributed by atoms with Crippen LogP contribution in [0.1, 0.15) is 12.0 Å². The van der Waals surface area contributed by atoms with Gasteiger partial charge >= 0.3 is 6.03 Å². The molecule has 112 valence electrons. The lowest BCUT2D eigenvalue weighted by atomic mass is 9.99. The summed E-state index contributed by atoms with van der Waals surface area (Å²) in [6.07, 6.45) is 0.649. The quantitative estimate of drug-likeness (QED) is 0.864. The lowest BCUT2D eigenvalue weighted by Crippen LogP contribution is -2.46. The van der Waals surface area contributed by atoms with Gasteiger partial charge in [0.1, 0.15) is 5.54 Å². The van der Waals surface area contributed by atoms with Crippen molar-refractivity contribution in [1.29, 1.82) is 0 Å². The van der Waals surface area contributed by atoms with Gasteiger partial charge in [0.15, 0.2) is 11.6 Å². The Balaban J connectivity index is 1.80. The fourth-order valence-corrected chi connectivity index (χ4v) is 3.97. The second-order valence-electron chi connectivity index (χ2n) is 5.18. The Labute approximate surface area is 125 Å². The zero-order valence-electron chi connectivity index (χ0n) is 11.5. The van der Waals surface area contributed by atoms with Crippen LogP contribution in [0.2, 0.25) is 0 Å². The molecule has 7 heteroatoms. The van der Waals surface area contributed by atoms with Crippen molar-refractivity contribution in [2.24, 2.45) is 0 Å². The van der Waals surface area contributed by atoms with Gasteiger partial charge in [-0.3, -0.25) is 9.69 Å². The van der Waals surface area contributed by atoms with Crippen molar-refractivity contribution in [2.75, 3.05) is 18.6 Å². The molecule has 2 aliphatic heterocycles. The standard InChI is InChI=1S/C14H15FN2O3S/c1-20-11-3-2-9(6-10(11)15)7-17-12(18)14(16-13(17)19)4-5-21-8-14/h2-3,6H,4-5,7-8H2,1H3,(H,16,19). The maximum absolute atomic E-state index is 13.7. The number of hydrogen-bond donors (Lipinski definition) is 1. The molecular formula is C14H15FN2O3S. The summed E-state index contributed by atoms with van der Waals surface area (Å²) in [5.74, 6) is 0.878. The summed E-state index contributed by atoms with van der Waals surface area (Å²) < 4.78 is 18.5. The van der Waals surface area contributed by atoms with Crippen molar-refractivity contribution >= 4 is 23.7 Å². The minimum Gasteiger partial charge on any atom is -0.494 e. The first-order valence-corrected chi connectivity index (χ1v) is 7.75. The molecule has 2 saturated heterocycles. The lowest BCUT2D eigenvalue weighted by molar-refractivity contribution is -0.130. The highest BCUT2D eigenvalue weighted by Crippen LogP contribution is 2.34. The predicted molar refractivity (Wildman–Crippen MR) is 76.7 cm³/mol. The monoisotopic (exact) mass is 310 g/mol. The second kappa shape index (κ2) is 5.22. The summed E-state index contributed by atoms with van der Waals surface area (Å²) in [5.41, 5.74) is -0.202. The van der Waals surface area contributed by atoms with Gasteiger partial charge in [-0.15, -0.1) is 0 Å². The Morgan fingerprint density at radius 1 is 1.48 bits per heavy atom. The highest BCUT2D eigenvalue weighted by atomic mass is 32.2. The first kappa shape index (κ1) is 14.2. The van der Waals surface area contributed by atoms with E-state index in [9.17, 15) is 14.0 Å². The molecule has 0 aromatic heterocycles. The van der Waals surface area contributed by atoms with Crippen LogP contribution >= 0.6 is 11.8 Å². The third-order valence-electron chi connectivity index (χ3n) is 3.82. The molecule has 1 unspecified atom stereocenters. The number of urea groups is 1. The van der Waals surface area contributed by atoms with E-state index < -0.39 is 17.4 Å². The van der Waals surface area contributed by atoms with Crippen LogP contribution in [0.4, 0.5) is 9.18 Å². The Bertz CT molecular complexity index is 602. The van der Waals surface area contributed by atoms with Crippen molar-refractivity contribution in [3.8, 4) is 5.75 Å². The maximum atomic E-state index is 13.7. The molecule has 0 bridgehead atoms. The maximum Gasteiger partial charge on any atom is 0.325 e. The fraction of sp³-hybridized carbons (Fsp3) is 0.429. The largest absolute Gasteiger partial charge is 0.494 e. The van der Waals surface area contributed by atoms with E-state index in [0.717, 1.165) is 10.7 Å². The number of amides is 3. The second-order valence-corrected chi connectivity index (χ2v) is 6.28. The topological polar surface area (TPSA) is 58.6 Å². The van der Waals surface area contributed by atoms with Gasteiger partial charge < -0.3 is 10.1 Å². The van der Waals surface area contributed by atoms with Crippen LogP contribution in [0.15, 0.2) is 18.2 Å². The van der Waals surface area contributed by atoms with Gasteiger partial charge in [-0.2, -0.15) is 11.8 Å². The number of thioether (sulfide) groups is 1. The van der Waals surface area contributed by atoms with Crippen LogP contribution in [-0.4, -0.2) is 41.0 Å². The fourth-order valence-electron chi connectivity index (χ4n) is 2.64. The first-order chi connectivity index (χ1) is 10.1. The van der Waals surface area contributed by atoms with E-state index >= 15 is 0 Å². The van der Waals surface area contributed by atoms with E-state index in [1.807, 2.05) is 0 Å². The number of methoxy groups -OCH3 is 1. The summed E-state index contributed by atoms with van der Waals surface area (Å²) in [7, 11) is 1.39. The zero-order valence-corrected chi connectivity index (χ0v) is 12.3. The zero-order chi connectivity index (χ0) is 15.0. The van der Waals surface area contributed by atoms with Gasteiger partial charge in [0, 0.05) is 5.75 Å². The molecule has 1 atom stereocenters. The van der Waals surface area contributed by atoms with Gasteiger partial charge in [-0.05, 0) is 29.9 Å². The number of rotatable bonds is 3. The van der Waals surface area contributed by atoms with Crippen LogP contribution in [-0.2, 0) is 11.3 Å². The molecule has 3 rings (SSSR count). The Morgan fingerprint density at radius 2 is 2.29 bits per heavy atom. The van der Waals surface area contributed by atoms with Crippen molar-refractivity contribution in [3.63, 3.8) is 0 Å². The minimum atomic E-state index is -0.757. The molecular weight excluding hydrogens is 295 g/mol. The molecule has 2 aliphatic rings. The highest BCUT2D eigenvalue weighted by molar-refractivity contribution is 7.99. The van der Waals surface area contributed by atoms with Crippen LogP contribution in [0.25, 0.3) is 0 Å². The molecule has 1 aromatic carbocycles. The number of carbonyl (C=O) groups excluding carboxylic acids is 2. The SMILES string of the molecule is COc1ccc(CN2C(=O)NC3(CCSC3)C2=O)cc1F. The van der Waals surface area contributed by atoms with E-state index in [1.54, 1.807) is 17.8 Å². The normalized spacial score (nSPS) is 24.8. The number of hydrogen-bond acceptors (Lipinski definition) is 4. The number of imide groups is 1. The summed E-state index contributed by atoms with van der Waals surface area (Å²) in [6.45, 7) is 0.0675. The first-order valence-electron chi connectivity index (χ1n) is 6.60. The number of ether oxygens (including phenoxy) is 1. The number of benzene rings is 1. The molecule has 5 nitrogen and oxygen atoms in total. The van der Waals surface area contributed by atoms with E-state index in [0.29, 0.717) is 17.7 Å². The lowest BCUT2D eigenvalue weighted by Gasteiger charge is -2.19. The molecule has 1 aromatic rings. The summed E-state index contributed by atoms with van der Waals surface area (Å²) in [4.78, 5) is 25.6. The van der Waals surface area contributed by atoms with Gasteiger partial charge in [-0.25, -0.2) is 9.18 Å². The third-order valence-corrected chi connectivity index (χ3v) is 5.01. The molecule has 0 saturated carbocycles. The molecule has 21 heavy (non-hydrogen) atoms. The number of nitrogens with zero attached hydrogens (tertiary/aromatic N) is 1. The molecule has 0 radical (unpaired) electrons. The smallest absolute Gasteiger partial charge is 0.325 e. The molecule has 1 spiro atoms. The van der Waals surface area contributed by atoms with Gasteiger partial charge in [0.25, 0.3) is 5.91 Å². The van der Waals surface area contributed by atoms with E-state index in [-0.39, 0.29) is 18.2 Å². The van der Waals surface area contributed by atoms with Crippen LogP contribution < -0.4 is 10.1 Å². The Morgan fingerprint density at radius 3 is 2.90 bits per heavy atom. The Hall–Kier alpha value is -1.76. The molecule has 0 aliphatic carbocycles. The van der Waals surface area contributed by atoms with E-state index in [4.69, 9.17) is 4.74 Å². The average molecular weight is 310 g/mol. The third kappa shape index (κ3) is 2.35. The van der Waals surface area contributed by atoms with E-state index in [1.165, 1.54) is 19.2 Å². The molecule has 2 fully saturated rings. The van der Waals surface area contributed by atoms with Crippen molar-refractivity contribution in [3.05, 3.63) is 29.6 Å². The molecule has 3 amide bonds. The molecule has 2 heterocycles. The average Bonchev–Trinajstić information content (AvgIpc) is 3.01. The minimum absolute atomic E-state index is 0.0675. The van der Waals surface area contributed by atoms with Crippen LogP contribution in [0.3, 0.4) is 0 Å².